The second-order valence-corrected chi connectivity index (χ2v) is 5.40. The summed E-state index contributed by atoms with van der Waals surface area (Å²) in [5, 5.41) is 9.18. The second-order valence-electron chi connectivity index (χ2n) is 5.40. The molecule has 1 saturated heterocycles. The third-order valence-electron chi connectivity index (χ3n) is 4.00. The quantitative estimate of drug-likeness (QED) is 0.816. The van der Waals surface area contributed by atoms with Gasteiger partial charge in [-0.3, -0.25) is 4.79 Å². The van der Waals surface area contributed by atoms with Crippen molar-refractivity contribution in [3.63, 3.8) is 0 Å². The molecule has 114 valence electrons. The lowest BCUT2D eigenvalue weighted by Gasteiger charge is -2.35. The lowest BCUT2D eigenvalue weighted by Crippen LogP contribution is -2.55. The molecule has 0 spiro atoms. The highest BCUT2D eigenvalue weighted by atomic mass is 16.5. The van der Waals surface area contributed by atoms with Crippen LogP contribution in [0.5, 0.6) is 0 Å². The largest absolute Gasteiger partial charge is 0.480 e. The van der Waals surface area contributed by atoms with Gasteiger partial charge in [0.25, 0.3) is 5.91 Å². The van der Waals surface area contributed by atoms with Gasteiger partial charge in [-0.05, 0) is 19.3 Å². The van der Waals surface area contributed by atoms with Gasteiger partial charge in [0.2, 0.25) is 0 Å². The molecule has 6 nitrogen and oxygen atoms in total. The first kappa shape index (κ1) is 15.3. The van der Waals surface area contributed by atoms with Gasteiger partial charge in [-0.15, -0.1) is 0 Å². The molecule has 1 saturated carbocycles. The van der Waals surface area contributed by atoms with Crippen molar-refractivity contribution in [3.8, 4) is 0 Å². The fourth-order valence-electron chi connectivity index (χ4n) is 2.84. The average molecular weight is 285 g/mol. The molecule has 1 aliphatic carbocycles. The van der Waals surface area contributed by atoms with E-state index in [1.807, 2.05) is 6.92 Å². The standard InChI is InChI=1S/C14H23NO5/c1-2-12(20-10-5-3-4-6-10)13(16)15-7-8-19-9-11(15)14(17)18/h10-12H,2-9H2,1H3,(H,17,18). The summed E-state index contributed by atoms with van der Waals surface area (Å²) in [6, 6.07) is -0.891. The summed E-state index contributed by atoms with van der Waals surface area (Å²) >= 11 is 0. The Morgan fingerprint density at radius 1 is 1.40 bits per heavy atom. The zero-order valence-electron chi connectivity index (χ0n) is 11.9. The van der Waals surface area contributed by atoms with Crippen LogP contribution in [0.4, 0.5) is 0 Å². The Morgan fingerprint density at radius 3 is 2.70 bits per heavy atom. The minimum Gasteiger partial charge on any atom is -0.480 e. The molecule has 2 fully saturated rings. The van der Waals surface area contributed by atoms with Crippen molar-refractivity contribution in [1.82, 2.24) is 4.90 Å². The SMILES string of the molecule is CCC(OC1CCCC1)C(=O)N1CCOCC1C(=O)O. The molecule has 0 aromatic carbocycles. The first-order valence-electron chi connectivity index (χ1n) is 7.40. The van der Waals surface area contributed by atoms with E-state index in [2.05, 4.69) is 0 Å². The van der Waals surface area contributed by atoms with E-state index >= 15 is 0 Å². The number of ether oxygens (including phenoxy) is 2. The molecule has 0 bridgehead atoms. The van der Waals surface area contributed by atoms with E-state index in [9.17, 15) is 14.7 Å². The van der Waals surface area contributed by atoms with Gasteiger partial charge in [-0.25, -0.2) is 4.79 Å². The first-order valence-corrected chi connectivity index (χ1v) is 7.40. The van der Waals surface area contributed by atoms with Crippen molar-refractivity contribution in [2.45, 2.75) is 57.3 Å². The number of rotatable bonds is 5. The molecular formula is C14H23NO5. The van der Waals surface area contributed by atoms with E-state index in [1.165, 1.54) is 4.90 Å². The van der Waals surface area contributed by atoms with Crippen molar-refractivity contribution < 1.29 is 24.2 Å². The molecule has 20 heavy (non-hydrogen) atoms. The van der Waals surface area contributed by atoms with Crippen LogP contribution in [0.1, 0.15) is 39.0 Å². The van der Waals surface area contributed by atoms with E-state index < -0.39 is 18.1 Å². The predicted octanol–water partition coefficient (Wildman–Crippen LogP) is 1.04. The number of carboxylic acid groups (broad SMARTS) is 1. The summed E-state index contributed by atoms with van der Waals surface area (Å²) in [4.78, 5) is 25.1. The van der Waals surface area contributed by atoms with Gasteiger partial charge in [0.1, 0.15) is 6.10 Å². The predicted molar refractivity (Wildman–Crippen MR) is 71.4 cm³/mol. The summed E-state index contributed by atoms with van der Waals surface area (Å²) in [6.07, 6.45) is 4.46. The van der Waals surface area contributed by atoms with Crippen LogP contribution < -0.4 is 0 Å². The van der Waals surface area contributed by atoms with Crippen LogP contribution in [-0.2, 0) is 19.1 Å². The van der Waals surface area contributed by atoms with Crippen LogP contribution in [0.3, 0.4) is 0 Å². The van der Waals surface area contributed by atoms with Gasteiger partial charge in [0, 0.05) is 6.54 Å². The van der Waals surface area contributed by atoms with E-state index in [0.717, 1.165) is 25.7 Å². The van der Waals surface area contributed by atoms with Crippen LogP contribution in [0.25, 0.3) is 0 Å². The van der Waals surface area contributed by atoms with Crippen LogP contribution in [0.2, 0.25) is 0 Å². The summed E-state index contributed by atoms with van der Waals surface area (Å²) in [5.74, 6) is -1.23. The van der Waals surface area contributed by atoms with Crippen LogP contribution in [-0.4, -0.2) is 59.9 Å². The van der Waals surface area contributed by atoms with Gasteiger partial charge >= 0.3 is 5.97 Å². The fourth-order valence-corrected chi connectivity index (χ4v) is 2.84. The first-order chi connectivity index (χ1) is 9.63. The Kier molecular flexibility index (Phi) is 5.37. The number of carbonyl (C=O) groups excluding carboxylic acids is 1. The van der Waals surface area contributed by atoms with E-state index in [0.29, 0.717) is 19.6 Å². The molecule has 0 radical (unpaired) electrons. The summed E-state index contributed by atoms with van der Waals surface area (Å²) in [6.45, 7) is 2.66. The van der Waals surface area contributed by atoms with Crippen molar-refractivity contribution in [2.24, 2.45) is 0 Å². The Bertz CT molecular complexity index is 353. The Morgan fingerprint density at radius 2 is 2.10 bits per heavy atom. The third-order valence-corrected chi connectivity index (χ3v) is 4.00. The van der Waals surface area contributed by atoms with Crippen LogP contribution in [0, 0.1) is 0 Å². The maximum Gasteiger partial charge on any atom is 0.328 e. The summed E-state index contributed by atoms with van der Waals surface area (Å²) in [7, 11) is 0. The number of nitrogens with zero attached hydrogens (tertiary/aromatic N) is 1. The smallest absolute Gasteiger partial charge is 0.328 e. The molecule has 2 unspecified atom stereocenters. The van der Waals surface area contributed by atoms with E-state index in [1.54, 1.807) is 0 Å². The maximum atomic E-state index is 12.5. The fraction of sp³-hybridized carbons (Fsp3) is 0.857. The van der Waals surface area contributed by atoms with Crippen molar-refractivity contribution in [2.75, 3.05) is 19.8 Å². The van der Waals surface area contributed by atoms with Crippen molar-refractivity contribution >= 4 is 11.9 Å². The van der Waals surface area contributed by atoms with Crippen molar-refractivity contribution in [3.05, 3.63) is 0 Å². The average Bonchev–Trinajstić information content (AvgIpc) is 2.97. The number of hydrogen-bond acceptors (Lipinski definition) is 4. The number of carbonyl (C=O) groups is 2. The molecule has 0 aromatic heterocycles. The lowest BCUT2D eigenvalue weighted by molar-refractivity contribution is -0.166. The molecule has 2 atom stereocenters. The molecule has 2 rings (SSSR count). The number of morpholine rings is 1. The minimum atomic E-state index is -1.02. The molecule has 1 amide bonds. The molecule has 0 aromatic rings. The Labute approximate surface area is 119 Å². The number of amides is 1. The van der Waals surface area contributed by atoms with Gasteiger partial charge in [-0.2, -0.15) is 0 Å². The molecule has 2 aliphatic rings. The molecular weight excluding hydrogens is 262 g/mol. The van der Waals surface area contributed by atoms with Gasteiger partial charge in [0.05, 0.1) is 19.3 Å². The summed E-state index contributed by atoms with van der Waals surface area (Å²) < 4.78 is 11.0. The number of aliphatic carboxylic acids is 1. The van der Waals surface area contributed by atoms with Gasteiger partial charge in [-0.1, -0.05) is 19.8 Å². The van der Waals surface area contributed by atoms with E-state index in [4.69, 9.17) is 9.47 Å². The topological polar surface area (TPSA) is 76.1 Å². The zero-order valence-corrected chi connectivity index (χ0v) is 11.9. The van der Waals surface area contributed by atoms with Crippen molar-refractivity contribution in [1.29, 1.82) is 0 Å². The molecule has 1 aliphatic heterocycles. The molecule has 1 heterocycles. The maximum absolute atomic E-state index is 12.5. The molecule has 1 N–H and O–H groups in total. The second kappa shape index (κ2) is 7.04. The lowest BCUT2D eigenvalue weighted by atomic mass is 10.1. The third kappa shape index (κ3) is 3.49. The van der Waals surface area contributed by atoms with Crippen LogP contribution >= 0.6 is 0 Å². The van der Waals surface area contributed by atoms with Gasteiger partial charge in [0.15, 0.2) is 6.04 Å². The Balaban J connectivity index is 1.99. The van der Waals surface area contributed by atoms with Gasteiger partial charge < -0.3 is 19.5 Å². The minimum absolute atomic E-state index is 0.0565. The van der Waals surface area contributed by atoms with Crippen LogP contribution in [0.15, 0.2) is 0 Å². The van der Waals surface area contributed by atoms with E-state index in [-0.39, 0.29) is 18.6 Å². The number of hydrogen-bond donors (Lipinski definition) is 1. The molecule has 6 heteroatoms. The highest BCUT2D eigenvalue weighted by Crippen LogP contribution is 2.24. The highest BCUT2D eigenvalue weighted by Gasteiger charge is 2.36. The monoisotopic (exact) mass is 285 g/mol. The summed E-state index contributed by atoms with van der Waals surface area (Å²) in [5.41, 5.74) is 0. The normalized spacial score (nSPS) is 25.6. The highest BCUT2D eigenvalue weighted by molar-refractivity contribution is 5.86. The zero-order chi connectivity index (χ0) is 14.5. The number of carboxylic acids is 1. The Hall–Kier alpha value is -1.14.